The molecule has 0 amide bonds. The first-order valence-corrected chi connectivity index (χ1v) is 4.43. The lowest BCUT2D eigenvalue weighted by Crippen LogP contribution is -2.57. The SMILES string of the molecule is CC(N)(C(=O)c1cc(F)ccc1F)C(F)(F)F. The van der Waals surface area contributed by atoms with Gasteiger partial charge in [0.05, 0.1) is 5.56 Å². The Labute approximate surface area is 93.2 Å². The molecular weight excluding hydrogens is 245 g/mol. The van der Waals surface area contributed by atoms with Gasteiger partial charge in [-0.3, -0.25) is 4.79 Å². The number of benzene rings is 1. The number of hydrogen-bond donors (Lipinski definition) is 1. The third kappa shape index (κ3) is 2.44. The molecule has 2 N–H and O–H groups in total. The van der Waals surface area contributed by atoms with Gasteiger partial charge < -0.3 is 5.73 Å². The van der Waals surface area contributed by atoms with Crippen LogP contribution in [0, 0.1) is 11.6 Å². The molecule has 0 spiro atoms. The highest BCUT2D eigenvalue weighted by molar-refractivity contribution is 6.03. The standard InChI is InChI=1S/C10H8F5NO/c1-9(16,10(13,14)15)8(17)6-4-5(11)2-3-7(6)12/h2-4H,16H2,1H3. The Morgan fingerprint density at radius 1 is 1.24 bits per heavy atom. The smallest absolute Gasteiger partial charge is 0.311 e. The van der Waals surface area contributed by atoms with Gasteiger partial charge in [0.25, 0.3) is 0 Å². The van der Waals surface area contributed by atoms with Crippen molar-refractivity contribution in [2.24, 2.45) is 5.73 Å². The summed E-state index contributed by atoms with van der Waals surface area (Å²) >= 11 is 0. The van der Waals surface area contributed by atoms with Gasteiger partial charge >= 0.3 is 6.18 Å². The van der Waals surface area contributed by atoms with Crippen LogP contribution in [0.4, 0.5) is 22.0 Å². The Balaban J connectivity index is 3.26. The van der Waals surface area contributed by atoms with Gasteiger partial charge in [0, 0.05) is 0 Å². The average Bonchev–Trinajstić information content (AvgIpc) is 2.19. The van der Waals surface area contributed by atoms with Crippen LogP contribution in [-0.2, 0) is 0 Å². The van der Waals surface area contributed by atoms with Crippen LogP contribution in [0.5, 0.6) is 0 Å². The van der Waals surface area contributed by atoms with E-state index in [-0.39, 0.29) is 0 Å². The fourth-order valence-electron chi connectivity index (χ4n) is 1.08. The predicted molar refractivity (Wildman–Crippen MR) is 49.3 cm³/mol. The van der Waals surface area contributed by atoms with Crippen LogP contribution in [0.25, 0.3) is 0 Å². The molecule has 0 bridgehead atoms. The summed E-state index contributed by atoms with van der Waals surface area (Å²) in [6.45, 7) is 0.402. The highest BCUT2D eigenvalue weighted by Crippen LogP contribution is 2.31. The molecule has 0 saturated heterocycles. The van der Waals surface area contributed by atoms with Crippen LogP contribution in [0.15, 0.2) is 18.2 Å². The van der Waals surface area contributed by atoms with Crippen LogP contribution in [0.1, 0.15) is 17.3 Å². The monoisotopic (exact) mass is 253 g/mol. The van der Waals surface area contributed by atoms with Gasteiger partial charge in [-0.2, -0.15) is 13.2 Å². The number of nitrogens with two attached hydrogens (primary N) is 1. The lowest BCUT2D eigenvalue weighted by atomic mass is 9.91. The Hall–Kier alpha value is -1.50. The fraction of sp³-hybridized carbons (Fsp3) is 0.300. The minimum atomic E-state index is -5.05. The maximum atomic E-state index is 13.1. The van der Waals surface area contributed by atoms with Crippen LogP contribution in [0.2, 0.25) is 0 Å². The number of alkyl halides is 3. The van der Waals surface area contributed by atoms with Crippen LogP contribution in [0.3, 0.4) is 0 Å². The summed E-state index contributed by atoms with van der Waals surface area (Å²) in [6, 6.07) is 1.64. The molecule has 0 heterocycles. The minimum absolute atomic E-state index is 0.383. The molecule has 0 aliphatic rings. The Kier molecular flexibility index (Phi) is 3.24. The molecule has 1 aromatic rings. The van der Waals surface area contributed by atoms with E-state index in [1.54, 1.807) is 0 Å². The number of ketones is 1. The predicted octanol–water partition coefficient (Wildman–Crippen LogP) is 2.43. The van der Waals surface area contributed by atoms with Crippen LogP contribution >= 0.6 is 0 Å². The highest BCUT2D eigenvalue weighted by Gasteiger charge is 2.54. The van der Waals surface area contributed by atoms with E-state index in [4.69, 9.17) is 5.73 Å². The second-order valence-corrected chi connectivity index (χ2v) is 3.65. The zero-order valence-corrected chi connectivity index (χ0v) is 8.61. The van der Waals surface area contributed by atoms with Gasteiger partial charge in [0.15, 0.2) is 11.3 Å². The zero-order chi connectivity index (χ0) is 13.4. The second kappa shape index (κ2) is 4.06. The van der Waals surface area contributed by atoms with Crippen molar-refractivity contribution in [3.05, 3.63) is 35.4 Å². The van der Waals surface area contributed by atoms with Crippen molar-refractivity contribution in [2.45, 2.75) is 18.6 Å². The molecule has 17 heavy (non-hydrogen) atoms. The maximum Gasteiger partial charge on any atom is 0.413 e. The summed E-state index contributed by atoms with van der Waals surface area (Å²) in [4.78, 5) is 11.4. The normalized spacial score (nSPS) is 15.5. The minimum Gasteiger partial charge on any atom is -0.311 e. The molecule has 1 atom stereocenters. The molecule has 1 unspecified atom stereocenters. The summed E-state index contributed by atoms with van der Waals surface area (Å²) in [7, 11) is 0. The van der Waals surface area contributed by atoms with E-state index in [2.05, 4.69) is 0 Å². The zero-order valence-electron chi connectivity index (χ0n) is 8.61. The van der Waals surface area contributed by atoms with Crippen molar-refractivity contribution < 1.29 is 26.7 Å². The van der Waals surface area contributed by atoms with E-state index in [1.807, 2.05) is 0 Å². The topological polar surface area (TPSA) is 43.1 Å². The largest absolute Gasteiger partial charge is 0.413 e. The molecule has 94 valence electrons. The van der Waals surface area contributed by atoms with Crippen molar-refractivity contribution in [1.29, 1.82) is 0 Å². The third-order valence-corrected chi connectivity index (χ3v) is 2.23. The molecule has 1 rings (SSSR count). The van der Waals surface area contributed by atoms with Crippen LogP contribution < -0.4 is 5.73 Å². The van der Waals surface area contributed by atoms with Gasteiger partial charge in [0.1, 0.15) is 11.6 Å². The Morgan fingerprint density at radius 3 is 2.24 bits per heavy atom. The molecule has 0 fully saturated rings. The van der Waals surface area contributed by atoms with Crippen molar-refractivity contribution >= 4 is 5.78 Å². The molecule has 0 aliphatic heterocycles. The number of Topliss-reactive ketones (excluding diaryl/α,β-unsaturated/α-hetero) is 1. The van der Waals surface area contributed by atoms with Gasteiger partial charge in [-0.25, -0.2) is 8.78 Å². The van der Waals surface area contributed by atoms with Crippen molar-refractivity contribution in [1.82, 2.24) is 0 Å². The molecule has 0 radical (unpaired) electrons. The van der Waals surface area contributed by atoms with Crippen molar-refractivity contribution in [2.75, 3.05) is 0 Å². The summed E-state index contributed by atoms with van der Waals surface area (Å²) in [5.41, 5.74) is 0.541. The lowest BCUT2D eigenvalue weighted by Gasteiger charge is -2.26. The van der Waals surface area contributed by atoms with E-state index in [9.17, 15) is 26.7 Å². The molecule has 0 saturated carbocycles. The molecule has 0 aromatic heterocycles. The third-order valence-electron chi connectivity index (χ3n) is 2.23. The van der Waals surface area contributed by atoms with E-state index in [1.165, 1.54) is 0 Å². The first kappa shape index (κ1) is 13.6. The number of hydrogen-bond acceptors (Lipinski definition) is 2. The summed E-state index contributed by atoms with van der Waals surface area (Å²) in [5, 5.41) is 0. The maximum absolute atomic E-state index is 13.1. The molecular formula is C10H8F5NO. The van der Waals surface area contributed by atoms with Crippen molar-refractivity contribution in [3.8, 4) is 0 Å². The second-order valence-electron chi connectivity index (χ2n) is 3.65. The molecule has 1 aromatic carbocycles. The highest BCUT2D eigenvalue weighted by atomic mass is 19.4. The molecule has 0 aliphatic carbocycles. The quantitative estimate of drug-likeness (QED) is 0.649. The van der Waals surface area contributed by atoms with E-state index >= 15 is 0 Å². The van der Waals surface area contributed by atoms with E-state index < -0.39 is 34.7 Å². The summed E-state index contributed by atoms with van der Waals surface area (Å²) in [5.74, 6) is -3.99. The van der Waals surface area contributed by atoms with Gasteiger partial charge in [0.2, 0.25) is 0 Å². The van der Waals surface area contributed by atoms with Gasteiger partial charge in [-0.15, -0.1) is 0 Å². The fourth-order valence-corrected chi connectivity index (χ4v) is 1.08. The number of carbonyl (C=O) groups is 1. The summed E-state index contributed by atoms with van der Waals surface area (Å²) < 4.78 is 63.2. The molecule has 2 nitrogen and oxygen atoms in total. The van der Waals surface area contributed by atoms with Gasteiger partial charge in [-0.05, 0) is 25.1 Å². The average molecular weight is 253 g/mol. The Bertz CT molecular complexity index is 452. The van der Waals surface area contributed by atoms with Crippen LogP contribution in [-0.4, -0.2) is 17.5 Å². The lowest BCUT2D eigenvalue weighted by molar-refractivity contribution is -0.165. The van der Waals surface area contributed by atoms with E-state index in [0.29, 0.717) is 25.1 Å². The van der Waals surface area contributed by atoms with Crippen molar-refractivity contribution in [3.63, 3.8) is 0 Å². The summed E-state index contributed by atoms with van der Waals surface area (Å²) in [6.07, 6.45) is -5.05. The first-order valence-electron chi connectivity index (χ1n) is 4.43. The number of rotatable bonds is 2. The van der Waals surface area contributed by atoms with Gasteiger partial charge in [-0.1, -0.05) is 0 Å². The van der Waals surface area contributed by atoms with E-state index in [0.717, 1.165) is 0 Å². The first-order chi connectivity index (χ1) is 7.57. The number of halogens is 5. The Morgan fingerprint density at radius 2 is 1.76 bits per heavy atom. The number of carbonyl (C=O) groups excluding carboxylic acids is 1. The molecule has 7 heteroatoms.